The van der Waals surface area contributed by atoms with Gasteiger partial charge in [0.2, 0.25) is 10.0 Å². The molecule has 0 aliphatic heterocycles. The first-order valence-corrected chi connectivity index (χ1v) is 8.57. The second-order valence-electron chi connectivity index (χ2n) is 4.62. The molecule has 0 saturated carbocycles. The van der Waals surface area contributed by atoms with E-state index in [-0.39, 0.29) is 10.9 Å². The first-order valence-electron chi connectivity index (χ1n) is 6.21. The summed E-state index contributed by atoms with van der Waals surface area (Å²) >= 11 is 1.58. The summed E-state index contributed by atoms with van der Waals surface area (Å²) in [5, 5.41) is 3.22. The lowest BCUT2D eigenvalue weighted by Crippen LogP contribution is -2.30. The van der Waals surface area contributed by atoms with Crippen molar-refractivity contribution in [2.45, 2.75) is 31.3 Å². The lowest BCUT2D eigenvalue weighted by atomic mass is 10.3. The molecule has 0 saturated heterocycles. The molecule has 1 aromatic carbocycles. The molecular weight excluding hydrogens is 294 g/mol. The summed E-state index contributed by atoms with van der Waals surface area (Å²) in [7, 11) is -3.42. The highest BCUT2D eigenvalue weighted by Gasteiger charge is 2.14. The SMILES string of the molecule is CC(C)NS(=O)(=O)c1ccc(NCc2cncs2)cc1. The normalized spacial score (nSPS) is 11.8. The van der Waals surface area contributed by atoms with Crippen molar-refractivity contribution in [3.63, 3.8) is 0 Å². The van der Waals surface area contributed by atoms with Crippen LogP contribution in [-0.4, -0.2) is 19.4 Å². The molecule has 0 aliphatic carbocycles. The van der Waals surface area contributed by atoms with Crippen LogP contribution >= 0.6 is 11.3 Å². The van der Waals surface area contributed by atoms with Gasteiger partial charge in [0.15, 0.2) is 0 Å². The molecule has 1 aromatic heterocycles. The molecule has 5 nitrogen and oxygen atoms in total. The third-order valence-electron chi connectivity index (χ3n) is 2.51. The summed E-state index contributed by atoms with van der Waals surface area (Å²) in [6.45, 7) is 4.27. The number of thiazole rings is 1. The predicted octanol–water partition coefficient (Wildman–Crippen LogP) is 2.44. The Labute approximate surface area is 123 Å². The summed E-state index contributed by atoms with van der Waals surface area (Å²) in [6.07, 6.45) is 1.81. The van der Waals surface area contributed by atoms with Crippen LogP contribution in [-0.2, 0) is 16.6 Å². The van der Waals surface area contributed by atoms with Gasteiger partial charge in [0.05, 0.1) is 17.0 Å². The van der Waals surface area contributed by atoms with Gasteiger partial charge in [0.25, 0.3) is 0 Å². The Morgan fingerprint density at radius 2 is 1.95 bits per heavy atom. The number of aromatic nitrogens is 1. The van der Waals surface area contributed by atoms with Crippen molar-refractivity contribution in [2.24, 2.45) is 0 Å². The number of nitrogens with one attached hydrogen (secondary N) is 2. The smallest absolute Gasteiger partial charge is 0.240 e. The van der Waals surface area contributed by atoms with Crippen LogP contribution in [0.15, 0.2) is 40.9 Å². The molecule has 0 bridgehead atoms. The molecular formula is C13H17N3O2S2. The monoisotopic (exact) mass is 311 g/mol. The third kappa shape index (κ3) is 4.03. The van der Waals surface area contributed by atoms with Crippen LogP contribution in [0.2, 0.25) is 0 Å². The lowest BCUT2D eigenvalue weighted by Gasteiger charge is -2.10. The highest BCUT2D eigenvalue weighted by atomic mass is 32.2. The zero-order valence-electron chi connectivity index (χ0n) is 11.3. The van der Waals surface area contributed by atoms with E-state index in [0.29, 0.717) is 6.54 Å². The highest BCUT2D eigenvalue weighted by Crippen LogP contribution is 2.16. The number of hydrogen-bond donors (Lipinski definition) is 2. The van der Waals surface area contributed by atoms with E-state index in [1.807, 2.05) is 6.20 Å². The Balaban J connectivity index is 2.02. The lowest BCUT2D eigenvalue weighted by molar-refractivity contribution is 0.570. The van der Waals surface area contributed by atoms with Crippen LogP contribution in [0.1, 0.15) is 18.7 Å². The van der Waals surface area contributed by atoms with E-state index in [2.05, 4.69) is 15.0 Å². The minimum atomic E-state index is -3.42. The Morgan fingerprint density at radius 3 is 2.50 bits per heavy atom. The van der Waals surface area contributed by atoms with Crippen molar-refractivity contribution in [1.29, 1.82) is 0 Å². The molecule has 0 amide bonds. The summed E-state index contributed by atoms with van der Waals surface area (Å²) in [5.74, 6) is 0. The Hall–Kier alpha value is -1.44. The minimum Gasteiger partial charge on any atom is -0.380 e. The zero-order valence-corrected chi connectivity index (χ0v) is 13.0. The van der Waals surface area contributed by atoms with Crippen LogP contribution in [0.5, 0.6) is 0 Å². The molecule has 108 valence electrons. The third-order valence-corrected chi connectivity index (χ3v) is 4.96. The molecule has 0 unspecified atom stereocenters. The first kappa shape index (κ1) is 15.0. The topological polar surface area (TPSA) is 71.1 Å². The summed E-state index contributed by atoms with van der Waals surface area (Å²) in [4.78, 5) is 5.40. The van der Waals surface area contributed by atoms with Crippen molar-refractivity contribution in [3.8, 4) is 0 Å². The van der Waals surface area contributed by atoms with E-state index in [1.54, 1.807) is 55.0 Å². The number of benzene rings is 1. The molecule has 0 radical (unpaired) electrons. The molecule has 1 heterocycles. The molecule has 2 aromatic rings. The number of nitrogens with zero attached hydrogens (tertiary/aromatic N) is 1. The average Bonchev–Trinajstić information content (AvgIpc) is 2.88. The fourth-order valence-corrected chi connectivity index (χ4v) is 3.43. The first-order chi connectivity index (χ1) is 9.47. The van der Waals surface area contributed by atoms with Crippen molar-refractivity contribution >= 4 is 27.0 Å². The van der Waals surface area contributed by atoms with Crippen LogP contribution in [0.3, 0.4) is 0 Å². The average molecular weight is 311 g/mol. The molecule has 2 rings (SSSR count). The van der Waals surface area contributed by atoms with E-state index < -0.39 is 10.0 Å². The Bertz CT molecular complexity index is 635. The van der Waals surface area contributed by atoms with Crippen molar-refractivity contribution in [1.82, 2.24) is 9.71 Å². The minimum absolute atomic E-state index is 0.121. The van der Waals surface area contributed by atoms with Crippen molar-refractivity contribution in [3.05, 3.63) is 40.8 Å². The van der Waals surface area contributed by atoms with Crippen LogP contribution < -0.4 is 10.0 Å². The number of sulfonamides is 1. The Morgan fingerprint density at radius 1 is 1.25 bits per heavy atom. The van der Waals surface area contributed by atoms with Crippen LogP contribution in [0.4, 0.5) is 5.69 Å². The van der Waals surface area contributed by atoms with Gasteiger partial charge in [0.1, 0.15) is 0 Å². The van der Waals surface area contributed by atoms with E-state index in [9.17, 15) is 8.42 Å². The predicted molar refractivity (Wildman–Crippen MR) is 81.3 cm³/mol. The maximum atomic E-state index is 12.0. The van der Waals surface area contributed by atoms with Gasteiger partial charge < -0.3 is 5.32 Å². The van der Waals surface area contributed by atoms with Gasteiger partial charge in [0, 0.05) is 22.8 Å². The second kappa shape index (κ2) is 6.34. The second-order valence-corrected chi connectivity index (χ2v) is 7.31. The van der Waals surface area contributed by atoms with Crippen molar-refractivity contribution < 1.29 is 8.42 Å². The van der Waals surface area contributed by atoms with Gasteiger partial charge in [-0.25, -0.2) is 13.1 Å². The summed E-state index contributed by atoms with van der Waals surface area (Å²) < 4.78 is 26.5. The largest absolute Gasteiger partial charge is 0.380 e. The molecule has 0 spiro atoms. The maximum absolute atomic E-state index is 12.0. The van der Waals surface area contributed by atoms with Crippen LogP contribution in [0, 0.1) is 0 Å². The molecule has 7 heteroatoms. The van der Waals surface area contributed by atoms with Gasteiger partial charge in [-0.15, -0.1) is 11.3 Å². The fourth-order valence-electron chi connectivity index (χ4n) is 1.65. The molecule has 2 N–H and O–H groups in total. The fraction of sp³-hybridized carbons (Fsp3) is 0.308. The van der Waals surface area contributed by atoms with E-state index in [1.165, 1.54) is 0 Å². The summed E-state index contributed by atoms with van der Waals surface area (Å²) in [5.41, 5.74) is 2.66. The highest BCUT2D eigenvalue weighted by molar-refractivity contribution is 7.89. The molecule has 20 heavy (non-hydrogen) atoms. The van der Waals surface area contributed by atoms with E-state index in [4.69, 9.17) is 0 Å². The van der Waals surface area contributed by atoms with E-state index >= 15 is 0 Å². The molecule has 0 aliphatic rings. The summed E-state index contributed by atoms with van der Waals surface area (Å²) in [6, 6.07) is 6.59. The quantitative estimate of drug-likeness (QED) is 0.859. The maximum Gasteiger partial charge on any atom is 0.240 e. The van der Waals surface area contributed by atoms with Gasteiger partial charge in [-0.3, -0.25) is 4.98 Å². The number of anilines is 1. The van der Waals surface area contributed by atoms with Gasteiger partial charge in [-0.2, -0.15) is 0 Å². The van der Waals surface area contributed by atoms with E-state index in [0.717, 1.165) is 10.6 Å². The Kier molecular flexibility index (Phi) is 4.74. The molecule has 0 fully saturated rings. The standard InChI is InChI=1S/C13H17N3O2S2/c1-10(2)16-20(17,18)13-5-3-11(4-6-13)15-8-12-7-14-9-19-12/h3-7,9-10,15-16H,8H2,1-2H3. The van der Waals surface area contributed by atoms with Crippen molar-refractivity contribution in [2.75, 3.05) is 5.32 Å². The molecule has 0 atom stereocenters. The zero-order chi connectivity index (χ0) is 14.6. The van der Waals surface area contributed by atoms with Gasteiger partial charge in [-0.1, -0.05) is 0 Å². The van der Waals surface area contributed by atoms with Gasteiger partial charge in [-0.05, 0) is 38.1 Å². The van der Waals surface area contributed by atoms with Crippen LogP contribution in [0.25, 0.3) is 0 Å². The number of hydrogen-bond acceptors (Lipinski definition) is 5. The van der Waals surface area contributed by atoms with Gasteiger partial charge >= 0.3 is 0 Å². The number of rotatable bonds is 6.